The highest BCUT2D eigenvalue weighted by molar-refractivity contribution is 6.17. The van der Waals surface area contributed by atoms with E-state index in [9.17, 15) is 5.26 Å². The molecule has 0 saturated heterocycles. The van der Waals surface area contributed by atoms with Gasteiger partial charge >= 0.3 is 0 Å². The van der Waals surface area contributed by atoms with E-state index in [2.05, 4.69) is 170 Å². The van der Waals surface area contributed by atoms with Crippen LogP contribution in [0.1, 0.15) is 5.56 Å². The van der Waals surface area contributed by atoms with Gasteiger partial charge < -0.3 is 13.7 Å². The molecule has 0 aliphatic heterocycles. The third-order valence-corrected chi connectivity index (χ3v) is 11.1. The first kappa shape index (κ1) is 30.7. The second kappa shape index (κ2) is 11.8. The van der Waals surface area contributed by atoms with Gasteiger partial charge in [-0.25, -0.2) is 4.85 Å². The van der Waals surface area contributed by atoms with Gasteiger partial charge in [0.1, 0.15) is 0 Å². The Kier molecular flexibility index (Phi) is 6.61. The van der Waals surface area contributed by atoms with Gasteiger partial charge in [0.2, 0.25) is 0 Å². The number of hydrogen-bond donors (Lipinski definition) is 0. The van der Waals surface area contributed by atoms with E-state index in [0.717, 1.165) is 72.1 Å². The lowest BCUT2D eigenvalue weighted by Crippen LogP contribution is -1.98. The van der Waals surface area contributed by atoms with E-state index in [4.69, 9.17) is 6.57 Å². The molecular weight excluding hydrogens is 671 g/mol. The van der Waals surface area contributed by atoms with E-state index < -0.39 is 0 Å². The van der Waals surface area contributed by atoms with Crippen molar-refractivity contribution in [3.63, 3.8) is 0 Å². The fourth-order valence-corrected chi connectivity index (χ4v) is 8.83. The van der Waals surface area contributed by atoms with Crippen molar-refractivity contribution in [1.82, 2.24) is 13.7 Å². The Morgan fingerprint density at radius 2 is 0.927 bits per heavy atom. The number of nitrogens with zero attached hydrogens (tertiary/aromatic N) is 5. The van der Waals surface area contributed by atoms with E-state index in [0.29, 0.717) is 11.3 Å². The average Bonchev–Trinajstić information content (AvgIpc) is 3.89. The molecule has 0 unspecified atom stereocenters. The summed E-state index contributed by atoms with van der Waals surface area (Å²) in [5.41, 5.74) is 12.4. The zero-order chi connectivity index (χ0) is 36.6. The first-order valence-electron chi connectivity index (χ1n) is 18.3. The van der Waals surface area contributed by atoms with Gasteiger partial charge in [0.15, 0.2) is 5.69 Å². The summed E-state index contributed by atoms with van der Waals surface area (Å²) in [4.78, 5) is 4.16. The number of hydrogen-bond acceptors (Lipinski definition) is 1. The van der Waals surface area contributed by atoms with Crippen molar-refractivity contribution < 1.29 is 0 Å². The molecule has 0 amide bonds. The lowest BCUT2D eigenvalue weighted by Gasteiger charge is -2.16. The second-order valence-electron chi connectivity index (χ2n) is 13.9. The van der Waals surface area contributed by atoms with Gasteiger partial charge in [0.05, 0.1) is 62.7 Å². The molecule has 3 aromatic heterocycles. The Morgan fingerprint density at radius 3 is 1.53 bits per heavy atom. The predicted molar refractivity (Wildman–Crippen MR) is 226 cm³/mol. The summed E-state index contributed by atoms with van der Waals surface area (Å²) < 4.78 is 6.90. The van der Waals surface area contributed by atoms with Crippen LogP contribution in [0.4, 0.5) is 5.69 Å². The van der Waals surface area contributed by atoms with Gasteiger partial charge in [-0.1, -0.05) is 103 Å². The van der Waals surface area contributed by atoms with Crippen molar-refractivity contribution in [2.24, 2.45) is 0 Å². The largest absolute Gasteiger partial charge is 0.310 e. The van der Waals surface area contributed by atoms with Crippen LogP contribution in [0.5, 0.6) is 0 Å². The summed E-state index contributed by atoms with van der Waals surface area (Å²) in [6.45, 7) is 8.49. The Bertz CT molecular complexity index is 3360. The standard InChI is InChI=1S/C50H29N5/c1-52-41-30-33(26-27-34(41)35-13-2-7-18-42(35)54-43-19-8-3-14-36(43)37-15-4-9-20-44(37)54)53-47-28-25-32(31-51)29-40(47)50-48(53)23-12-24-49(50)55-45-21-10-5-16-38(45)39-17-6-11-22-46(39)55/h2-30H. The predicted octanol–water partition coefficient (Wildman–Crippen LogP) is 13.1. The minimum atomic E-state index is 0.563. The zero-order valence-electron chi connectivity index (χ0n) is 29.5. The molecule has 0 atom stereocenters. The fraction of sp³-hybridized carbons (Fsp3) is 0. The lowest BCUT2D eigenvalue weighted by molar-refractivity contribution is 1.17. The maximum atomic E-state index is 10.0. The number of benzene rings is 8. The van der Waals surface area contributed by atoms with E-state index in [1.807, 2.05) is 30.3 Å². The third-order valence-electron chi connectivity index (χ3n) is 11.1. The van der Waals surface area contributed by atoms with Crippen molar-refractivity contribution in [2.45, 2.75) is 0 Å². The number of nitriles is 1. The highest BCUT2D eigenvalue weighted by atomic mass is 15.0. The summed E-state index contributed by atoms with van der Waals surface area (Å²) in [6, 6.07) is 63.4. The Morgan fingerprint density at radius 1 is 0.418 bits per heavy atom. The smallest absolute Gasteiger partial charge is 0.197 e. The zero-order valence-corrected chi connectivity index (χ0v) is 29.5. The van der Waals surface area contributed by atoms with Gasteiger partial charge in [0, 0.05) is 38.0 Å². The molecule has 55 heavy (non-hydrogen) atoms. The minimum Gasteiger partial charge on any atom is -0.310 e. The van der Waals surface area contributed by atoms with Crippen molar-refractivity contribution in [2.75, 3.05) is 0 Å². The van der Waals surface area contributed by atoms with E-state index in [-0.39, 0.29) is 0 Å². The molecule has 0 bridgehead atoms. The van der Waals surface area contributed by atoms with E-state index in [1.165, 1.54) is 21.5 Å². The van der Waals surface area contributed by atoms with Crippen molar-refractivity contribution >= 4 is 71.1 Å². The molecule has 0 fully saturated rings. The first-order chi connectivity index (χ1) is 27.2. The quantitative estimate of drug-likeness (QED) is 0.169. The molecule has 0 aliphatic rings. The highest BCUT2D eigenvalue weighted by Gasteiger charge is 2.22. The normalized spacial score (nSPS) is 11.6. The molecule has 254 valence electrons. The molecule has 0 radical (unpaired) electrons. The van der Waals surface area contributed by atoms with Gasteiger partial charge in [-0.15, -0.1) is 0 Å². The molecule has 5 heteroatoms. The molecule has 0 spiro atoms. The summed E-state index contributed by atoms with van der Waals surface area (Å²) >= 11 is 0. The number of rotatable bonds is 4. The van der Waals surface area contributed by atoms with E-state index in [1.54, 1.807) is 0 Å². The third kappa shape index (κ3) is 4.39. The second-order valence-corrected chi connectivity index (χ2v) is 13.9. The first-order valence-corrected chi connectivity index (χ1v) is 18.3. The molecule has 8 aromatic carbocycles. The maximum absolute atomic E-state index is 10.0. The van der Waals surface area contributed by atoms with Gasteiger partial charge in [0.25, 0.3) is 0 Å². The summed E-state index contributed by atoms with van der Waals surface area (Å²) in [5, 5.41) is 16.8. The van der Waals surface area contributed by atoms with Crippen LogP contribution in [0, 0.1) is 17.9 Å². The monoisotopic (exact) mass is 699 g/mol. The Labute approximate surface area is 316 Å². The van der Waals surface area contributed by atoms with Crippen LogP contribution in [0.25, 0.3) is 98.5 Å². The van der Waals surface area contributed by atoms with Crippen LogP contribution in [-0.2, 0) is 0 Å². The number of para-hydroxylation sites is 5. The molecule has 0 N–H and O–H groups in total. The fourth-order valence-electron chi connectivity index (χ4n) is 8.83. The van der Waals surface area contributed by atoms with Crippen molar-refractivity contribution in [3.05, 3.63) is 193 Å². The Balaban J connectivity index is 1.16. The van der Waals surface area contributed by atoms with Crippen molar-refractivity contribution in [3.8, 4) is 34.3 Å². The van der Waals surface area contributed by atoms with Crippen LogP contribution < -0.4 is 0 Å². The molecule has 11 rings (SSSR count). The topological polar surface area (TPSA) is 42.9 Å². The van der Waals surface area contributed by atoms with Gasteiger partial charge in [-0.05, 0) is 83.9 Å². The summed E-state index contributed by atoms with van der Waals surface area (Å²) in [6.07, 6.45) is 0. The molecule has 0 aliphatic carbocycles. The van der Waals surface area contributed by atoms with E-state index >= 15 is 0 Å². The maximum Gasteiger partial charge on any atom is 0.197 e. The molecular formula is C50H29N5. The highest BCUT2D eigenvalue weighted by Crippen LogP contribution is 2.43. The number of fused-ring (bicyclic) bond motifs is 9. The van der Waals surface area contributed by atoms with Crippen LogP contribution >= 0.6 is 0 Å². The summed E-state index contributed by atoms with van der Waals surface area (Å²) in [5.74, 6) is 0. The number of aromatic nitrogens is 3. The summed E-state index contributed by atoms with van der Waals surface area (Å²) in [7, 11) is 0. The van der Waals surface area contributed by atoms with Gasteiger partial charge in [-0.2, -0.15) is 5.26 Å². The van der Waals surface area contributed by atoms with Crippen LogP contribution in [0.3, 0.4) is 0 Å². The Hall–Kier alpha value is -7.86. The van der Waals surface area contributed by atoms with Gasteiger partial charge in [-0.3, -0.25) is 0 Å². The van der Waals surface area contributed by atoms with Crippen LogP contribution in [0.2, 0.25) is 0 Å². The lowest BCUT2D eigenvalue weighted by atomic mass is 10.0. The minimum absolute atomic E-state index is 0.563. The molecule has 0 saturated carbocycles. The average molecular weight is 700 g/mol. The van der Waals surface area contributed by atoms with Crippen LogP contribution in [-0.4, -0.2) is 13.7 Å². The molecule has 3 heterocycles. The SMILES string of the molecule is [C-]#[N+]c1cc(-n2c3ccc(C#N)cc3c3c(-n4c5ccccc5c5ccccc54)cccc32)ccc1-c1ccccc1-n1c2ccccc2c2ccccc21. The van der Waals surface area contributed by atoms with Crippen LogP contribution in [0.15, 0.2) is 176 Å². The molecule has 11 aromatic rings. The van der Waals surface area contributed by atoms with Crippen molar-refractivity contribution in [1.29, 1.82) is 5.26 Å². The molecule has 5 nitrogen and oxygen atoms in total.